The lowest BCUT2D eigenvalue weighted by Gasteiger charge is -2.23. The molecular weight excluding hydrogens is 316 g/mol. The van der Waals surface area contributed by atoms with E-state index in [9.17, 15) is 4.79 Å². The Kier molecular flexibility index (Phi) is 18.8. The minimum atomic E-state index is -1.11. The summed E-state index contributed by atoms with van der Waals surface area (Å²) in [6.07, 6.45) is 0.222. The standard InChI is InChI=1S/2C5H12O4.C3H6O2/c2*6-1-5(2-7,3-8)4-9;1-2-3(4)5/h2*6-9H,1-4H2;2H2,1H3,(H,4,5). The largest absolute Gasteiger partial charge is 0.481 e. The molecule has 0 aliphatic carbocycles. The first kappa shape index (κ1) is 27.0. The average Bonchev–Trinajstić information content (AvgIpc) is 2.61. The maximum absolute atomic E-state index is 9.37. The van der Waals surface area contributed by atoms with Gasteiger partial charge in [-0.3, -0.25) is 4.79 Å². The molecule has 0 amide bonds. The second kappa shape index (κ2) is 16.0. The van der Waals surface area contributed by atoms with Gasteiger partial charge in [-0.25, -0.2) is 0 Å². The second-order valence-corrected chi connectivity index (χ2v) is 5.01. The molecule has 0 rings (SSSR count). The van der Waals surface area contributed by atoms with Crippen molar-refractivity contribution in [3.8, 4) is 0 Å². The summed E-state index contributed by atoms with van der Waals surface area (Å²) in [7, 11) is 0. The third-order valence-corrected chi connectivity index (χ3v) is 2.99. The highest BCUT2D eigenvalue weighted by atomic mass is 16.4. The lowest BCUT2D eigenvalue weighted by molar-refractivity contribution is -0.136. The van der Waals surface area contributed by atoms with Crippen LogP contribution in [0, 0.1) is 10.8 Å². The van der Waals surface area contributed by atoms with E-state index >= 15 is 0 Å². The molecule has 0 fully saturated rings. The number of aliphatic hydroxyl groups excluding tert-OH is 8. The van der Waals surface area contributed by atoms with Gasteiger partial charge in [0.1, 0.15) is 0 Å². The van der Waals surface area contributed by atoms with Crippen LogP contribution in [0.15, 0.2) is 0 Å². The summed E-state index contributed by atoms with van der Waals surface area (Å²) in [5.74, 6) is -0.745. The highest BCUT2D eigenvalue weighted by Gasteiger charge is 2.27. The van der Waals surface area contributed by atoms with E-state index < -0.39 is 69.7 Å². The second-order valence-electron chi connectivity index (χ2n) is 5.01. The monoisotopic (exact) mass is 346 g/mol. The highest BCUT2D eigenvalue weighted by molar-refractivity contribution is 5.66. The molecule has 0 aromatic rings. The quantitative estimate of drug-likeness (QED) is 0.201. The minimum Gasteiger partial charge on any atom is -0.481 e. The number of carboxylic acid groups (broad SMARTS) is 1. The normalized spacial score (nSPS) is 11.0. The molecule has 9 N–H and O–H groups in total. The molecule has 0 spiro atoms. The molecule has 0 atom stereocenters. The van der Waals surface area contributed by atoms with E-state index in [1.807, 2.05) is 0 Å². The smallest absolute Gasteiger partial charge is 0.303 e. The van der Waals surface area contributed by atoms with E-state index in [2.05, 4.69) is 0 Å². The number of aliphatic hydroxyl groups is 8. The number of rotatable bonds is 9. The molecule has 0 radical (unpaired) electrons. The number of hydrogen-bond donors (Lipinski definition) is 9. The van der Waals surface area contributed by atoms with Crippen LogP contribution in [0.4, 0.5) is 0 Å². The zero-order valence-electron chi connectivity index (χ0n) is 13.3. The van der Waals surface area contributed by atoms with E-state index in [1.54, 1.807) is 6.92 Å². The maximum Gasteiger partial charge on any atom is 0.303 e. The summed E-state index contributed by atoms with van der Waals surface area (Å²) >= 11 is 0. The molecule has 0 aromatic carbocycles. The van der Waals surface area contributed by atoms with Crippen molar-refractivity contribution in [1.29, 1.82) is 0 Å². The van der Waals surface area contributed by atoms with Gasteiger partial charge < -0.3 is 46.0 Å². The van der Waals surface area contributed by atoms with Crippen LogP contribution >= 0.6 is 0 Å². The molecule has 10 heteroatoms. The van der Waals surface area contributed by atoms with Gasteiger partial charge in [-0.15, -0.1) is 0 Å². The van der Waals surface area contributed by atoms with Crippen molar-refractivity contribution in [3.63, 3.8) is 0 Å². The van der Waals surface area contributed by atoms with E-state index in [4.69, 9.17) is 46.0 Å². The topological polar surface area (TPSA) is 199 Å². The summed E-state index contributed by atoms with van der Waals surface area (Å²) < 4.78 is 0. The minimum absolute atomic E-state index is 0.222. The molecule has 0 aliphatic heterocycles. The van der Waals surface area contributed by atoms with E-state index in [-0.39, 0.29) is 6.42 Å². The van der Waals surface area contributed by atoms with Crippen LogP contribution in [0.2, 0.25) is 0 Å². The van der Waals surface area contributed by atoms with E-state index in [1.165, 1.54) is 0 Å². The van der Waals surface area contributed by atoms with Crippen molar-refractivity contribution in [2.75, 3.05) is 52.9 Å². The van der Waals surface area contributed by atoms with Gasteiger partial charge in [-0.05, 0) is 0 Å². The van der Waals surface area contributed by atoms with E-state index in [0.29, 0.717) is 0 Å². The molecular formula is C13H30O10. The zero-order chi connectivity index (χ0) is 18.9. The Bertz CT molecular complexity index is 208. The van der Waals surface area contributed by atoms with Gasteiger partial charge in [0.05, 0.1) is 63.7 Å². The molecule has 0 aliphatic rings. The molecule has 0 unspecified atom stereocenters. The maximum atomic E-state index is 9.37. The van der Waals surface area contributed by atoms with Gasteiger partial charge in [-0.2, -0.15) is 0 Å². The summed E-state index contributed by atoms with van der Waals surface area (Å²) in [6.45, 7) is -1.65. The molecule has 23 heavy (non-hydrogen) atoms. The van der Waals surface area contributed by atoms with Gasteiger partial charge in [-0.1, -0.05) is 6.92 Å². The fraction of sp³-hybridized carbons (Fsp3) is 0.923. The lowest BCUT2D eigenvalue weighted by Crippen LogP contribution is -2.37. The van der Waals surface area contributed by atoms with E-state index in [0.717, 1.165) is 0 Å². The lowest BCUT2D eigenvalue weighted by atomic mass is 9.93. The SMILES string of the molecule is CCC(=O)O.OCC(CO)(CO)CO.OCC(CO)(CO)CO. The molecule has 142 valence electrons. The predicted molar refractivity (Wildman–Crippen MR) is 79.5 cm³/mol. The Balaban J connectivity index is -0.000000273. The van der Waals surface area contributed by atoms with Crippen molar-refractivity contribution in [2.45, 2.75) is 13.3 Å². The molecule has 0 saturated heterocycles. The van der Waals surface area contributed by atoms with Crippen LogP contribution in [0.5, 0.6) is 0 Å². The third kappa shape index (κ3) is 12.3. The van der Waals surface area contributed by atoms with Crippen LogP contribution in [-0.4, -0.2) is 105 Å². The summed E-state index contributed by atoms with van der Waals surface area (Å²) in [5.41, 5.74) is -2.22. The summed E-state index contributed by atoms with van der Waals surface area (Å²) in [6, 6.07) is 0. The molecule has 10 nitrogen and oxygen atoms in total. The Morgan fingerprint density at radius 1 is 0.609 bits per heavy atom. The van der Waals surface area contributed by atoms with Gasteiger partial charge in [0.2, 0.25) is 0 Å². The number of carboxylic acids is 1. The van der Waals surface area contributed by atoms with Crippen molar-refractivity contribution >= 4 is 5.97 Å². The zero-order valence-corrected chi connectivity index (χ0v) is 13.3. The Labute approximate surface area is 134 Å². The predicted octanol–water partition coefficient (Wildman–Crippen LogP) is -3.63. The van der Waals surface area contributed by atoms with Gasteiger partial charge in [0, 0.05) is 6.42 Å². The van der Waals surface area contributed by atoms with Crippen molar-refractivity contribution < 1.29 is 50.8 Å². The van der Waals surface area contributed by atoms with Gasteiger partial charge in [0.25, 0.3) is 0 Å². The first-order valence-electron chi connectivity index (χ1n) is 6.85. The summed E-state index contributed by atoms with van der Waals surface area (Å²) in [5, 5.41) is 75.7. The Morgan fingerprint density at radius 3 is 0.739 bits per heavy atom. The van der Waals surface area contributed by atoms with Gasteiger partial charge >= 0.3 is 5.97 Å². The first-order chi connectivity index (χ1) is 10.8. The molecule has 0 aromatic heterocycles. The number of aliphatic carboxylic acids is 1. The fourth-order valence-corrected chi connectivity index (χ4v) is 0.600. The Hall–Kier alpha value is -0.850. The average molecular weight is 346 g/mol. The highest BCUT2D eigenvalue weighted by Crippen LogP contribution is 2.12. The van der Waals surface area contributed by atoms with Crippen LogP contribution in [0.3, 0.4) is 0 Å². The van der Waals surface area contributed by atoms with Crippen LogP contribution in [-0.2, 0) is 4.79 Å². The Morgan fingerprint density at radius 2 is 0.739 bits per heavy atom. The molecule has 0 saturated carbocycles. The van der Waals surface area contributed by atoms with Crippen LogP contribution < -0.4 is 0 Å². The third-order valence-electron chi connectivity index (χ3n) is 2.99. The van der Waals surface area contributed by atoms with Crippen molar-refractivity contribution in [1.82, 2.24) is 0 Å². The number of carbonyl (C=O) groups is 1. The van der Waals surface area contributed by atoms with Crippen molar-refractivity contribution in [2.24, 2.45) is 10.8 Å². The van der Waals surface area contributed by atoms with Crippen molar-refractivity contribution in [3.05, 3.63) is 0 Å². The summed E-state index contributed by atoms with van der Waals surface area (Å²) in [4.78, 5) is 9.37. The number of hydrogen-bond acceptors (Lipinski definition) is 9. The fourth-order valence-electron chi connectivity index (χ4n) is 0.600. The molecule has 0 bridgehead atoms. The van der Waals surface area contributed by atoms with Crippen LogP contribution in [0.25, 0.3) is 0 Å². The molecule has 0 heterocycles. The van der Waals surface area contributed by atoms with Crippen LogP contribution in [0.1, 0.15) is 13.3 Å². The van der Waals surface area contributed by atoms with Gasteiger partial charge in [0.15, 0.2) is 0 Å². The first-order valence-corrected chi connectivity index (χ1v) is 6.85.